The molecule has 2 N–H and O–H groups in total. The molecule has 2 rings (SSSR count). The second kappa shape index (κ2) is 5.73. The van der Waals surface area contributed by atoms with Crippen molar-refractivity contribution in [2.45, 2.75) is 18.9 Å². The minimum absolute atomic E-state index is 0.0917. The lowest BCUT2D eigenvalue weighted by atomic mass is 10.1. The molecule has 1 aliphatic rings. The molecule has 6 heteroatoms. The number of nitrogens with zero attached hydrogens (tertiary/aromatic N) is 1. The van der Waals surface area contributed by atoms with Gasteiger partial charge in [-0.05, 0) is 30.7 Å². The zero-order chi connectivity index (χ0) is 14.7. The minimum atomic E-state index is -0.467. The van der Waals surface area contributed by atoms with E-state index in [1.54, 1.807) is 38.4 Å². The summed E-state index contributed by atoms with van der Waals surface area (Å²) in [4.78, 5) is 36.1. The maximum absolute atomic E-state index is 11.9. The van der Waals surface area contributed by atoms with Crippen LogP contribution in [0.1, 0.15) is 23.2 Å². The monoisotopic (exact) mass is 275 g/mol. The summed E-state index contributed by atoms with van der Waals surface area (Å²) in [7, 11) is 3.36. The molecule has 0 saturated carbocycles. The third-order valence-electron chi connectivity index (χ3n) is 3.12. The van der Waals surface area contributed by atoms with Crippen LogP contribution in [0.5, 0.6) is 0 Å². The summed E-state index contributed by atoms with van der Waals surface area (Å²) in [6, 6.07) is 6.19. The Morgan fingerprint density at radius 1 is 1.25 bits per heavy atom. The van der Waals surface area contributed by atoms with Gasteiger partial charge in [-0.3, -0.25) is 14.4 Å². The largest absolute Gasteiger partial charge is 0.345 e. The molecule has 0 aromatic heterocycles. The van der Waals surface area contributed by atoms with Crippen molar-refractivity contribution in [3.05, 3.63) is 29.8 Å². The van der Waals surface area contributed by atoms with Crippen molar-refractivity contribution in [2.75, 3.05) is 19.4 Å². The molecule has 0 spiro atoms. The highest BCUT2D eigenvalue weighted by atomic mass is 16.2. The zero-order valence-corrected chi connectivity index (χ0v) is 11.5. The van der Waals surface area contributed by atoms with Crippen molar-refractivity contribution in [2.24, 2.45) is 0 Å². The van der Waals surface area contributed by atoms with Gasteiger partial charge in [0.1, 0.15) is 6.04 Å². The van der Waals surface area contributed by atoms with Gasteiger partial charge in [-0.15, -0.1) is 0 Å². The van der Waals surface area contributed by atoms with Crippen molar-refractivity contribution < 1.29 is 14.4 Å². The highest BCUT2D eigenvalue weighted by Gasteiger charge is 2.27. The van der Waals surface area contributed by atoms with Crippen LogP contribution in [0.15, 0.2) is 24.3 Å². The van der Waals surface area contributed by atoms with Gasteiger partial charge in [0.25, 0.3) is 5.91 Å². The van der Waals surface area contributed by atoms with Gasteiger partial charge in [-0.1, -0.05) is 0 Å². The van der Waals surface area contributed by atoms with Crippen molar-refractivity contribution in [1.29, 1.82) is 0 Å². The van der Waals surface area contributed by atoms with E-state index in [1.165, 1.54) is 4.90 Å². The van der Waals surface area contributed by atoms with Gasteiger partial charge in [-0.25, -0.2) is 0 Å². The predicted octanol–water partition coefficient (Wildman–Crippen LogP) is 0.605. The number of nitrogens with one attached hydrogen (secondary N) is 2. The molecule has 1 aliphatic heterocycles. The van der Waals surface area contributed by atoms with Crippen LogP contribution in [-0.2, 0) is 9.59 Å². The first-order valence-corrected chi connectivity index (χ1v) is 6.39. The first-order valence-electron chi connectivity index (χ1n) is 6.39. The first kappa shape index (κ1) is 14.0. The minimum Gasteiger partial charge on any atom is -0.345 e. The van der Waals surface area contributed by atoms with Crippen LogP contribution in [0.3, 0.4) is 0 Å². The Morgan fingerprint density at radius 2 is 1.90 bits per heavy atom. The van der Waals surface area contributed by atoms with E-state index in [0.29, 0.717) is 24.1 Å². The molecule has 0 bridgehead atoms. The maximum atomic E-state index is 11.9. The van der Waals surface area contributed by atoms with E-state index in [-0.39, 0.29) is 17.7 Å². The topological polar surface area (TPSA) is 78.5 Å². The van der Waals surface area contributed by atoms with Gasteiger partial charge in [0.2, 0.25) is 11.8 Å². The standard InChI is InChI=1S/C14H17N3O3/c1-17(2)14(20)9-3-5-10(6-4-9)15-13(19)11-7-8-12(18)16-11/h3-6,11H,7-8H2,1-2H3,(H,15,19)(H,16,18)/t11-/m0/s1. The summed E-state index contributed by atoms with van der Waals surface area (Å²) in [5.41, 5.74) is 1.16. The Labute approximate surface area is 117 Å². The molecule has 0 radical (unpaired) electrons. The Balaban J connectivity index is 1.98. The highest BCUT2D eigenvalue weighted by Crippen LogP contribution is 2.13. The number of carbonyl (C=O) groups excluding carboxylic acids is 3. The third kappa shape index (κ3) is 3.14. The van der Waals surface area contributed by atoms with Gasteiger partial charge < -0.3 is 15.5 Å². The number of amides is 3. The number of hydrogen-bond acceptors (Lipinski definition) is 3. The fourth-order valence-corrected chi connectivity index (χ4v) is 1.99. The predicted molar refractivity (Wildman–Crippen MR) is 74.3 cm³/mol. The average Bonchev–Trinajstić information content (AvgIpc) is 2.85. The van der Waals surface area contributed by atoms with Gasteiger partial charge in [0, 0.05) is 31.8 Å². The van der Waals surface area contributed by atoms with Crippen LogP contribution in [0, 0.1) is 0 Å². The van der Waals surface area contributed by atoms with Crippen LogP contribution < -0.4 is 10.6 Å². The highest BCUT2D eigenvalue weighted by molar-refractivity contribution is 5.99. The molecule has 1 atom stereocenters. The molecule has 0 unspecified atom stereocenters. The molecule has 1 aromatic rings. The summed E-state index contributed by atoms with van der Waals surface area (Å²) in [6.45, 7) is 0. The van der Waals surface area contributed by atoms with Crippen molar-refractivity contribution >= 4 is 23.4 Å². The van der Waals surface area contributed by atoms with E-state index >= 15 is 0 Å². The lowest BCUT2D eigenvalue weighted by Gasteiger charge is -2.12. The van der Waals surface area contributed by atoms with Crippen molar-refractivity contribution in [3.63, 3.8) is 0 Å². The second-order valence-corrected chi connectivity index (χ2v) is 4.92. The van der Waals surface area contributed by atoms with Gasteiger partial charge >= 0.3 is 0 Å². The Morgan fingerprint density at radius 3 is 2.40 bits per heavy atom. The molecule has 1 fully saturated rings. The van der Waals surface area contributed by atoms with E-state index in [2.05, 4.69) is 10.6 Å². The smallest absolute Gasteiger partial charge is 0.253 e. The van der Waals surface area contributed by atoms with Gasteiger partial charge in [0.15, 0.2) is 0 Å². The van der Waals surface area contributed by atoms with Gasteiger partial charge in [-0.2, -0.15) is 0 Å². The van der Waals surface area contributed by atoms with Gasteiger partial charge in [0.05, 0.1) is 0 Å². The molecule has 20 heavy (non-hydrogen) atoms. The van der Waals surface area contributed by atoms with Crippen molar-refractivity contribution in [3.8, 4) is 0 Å². The summed E-state index contributed by atoms with van der Waals surface area (Å²) >= 11 is 0. The SMILES string of the molecule is CN(C)C(=O)c1ccc(NC(=O)[C@@H]2CCC(=O)N2)cc1. The fraction of sp³-hybridized carbons (Fsp3) is 0.357. The Hall–Kier alpha value is -2.37. The van der Waals surface area contributed by atoms with E-state index in [9.17, 15) is 14.4 Å². The zero-order valence-electron chi connectivity index (χ0n) is 11.5. The maximum Gasteiger partial charge on any atom is 0.253 e. The van der Waals surface area contributed by atoms with Crippen LogP contribution in [0.4, 0.5) is 5.69 Å². The molecular formula is C14H17N3O3. The number of hydrogen-bond donors (Lipinski definition) is 2. The average molecular weight is 275 g/mol. The van der Waals surface area contributed by atoms with Crippen molar-refractivity contribution in [1.82, 2.24) is 10.2 Å². The number of rotatable bonds is 3. The second-order valence-electron chi connectivity index (χ2n) is 4.92. The molecule has 106 valence electrons. The quantitative estimate of drug-likeness (QED) is 0.848. The summed E-state index contributed by atoms with van der Waals surface area (Å²) in [5.74, 6) is -0.425. The molecule has 3 amide bonds. The lowest BCUT2D eigenvalue weighted by molar-refractivity contribution is -0.122. The fourth-order valence-electron chi connectivity index (χ4n) is 1.99. The molecule has 6 nitrogen and oxygen atoms in total. The number of anilines is 1. The Kier molecular flexibility index (Phi) is 4.02. The number of carbonyl (C=O) groups is 3. The van der Waals surface area contributed by atoms with Crippen LogP contribution in [0.2, 0.25) is 0 Å². The summed E-state index contributed by atoms with van der Waals surface area (Å²) in [5, 5.41) is 5.33. The van der Waals surface area contributed by atoms with Crippen LogP contribution >= 0.6 is 0 Å². The van der Waals surface area contributed by atoms with Crippen LogP contribution in [0.25, 0.3) is 0 Å². The lowest BCUT2D eigenvalue weighted by Crippen LogP contribution is -2.37. The third-order valence-corrected chi connectivity index (χ3v) is 3.12. The molecule has 1 saturated heterocycles. The van der Waals surface area contributed by atoms with E-state index in [0.717, 1.165) is 0 Å². The number of benzene rings is 1. The molecule has 1 heterocycles. The summed E-state index contributed by atoms with van der Waals surface area (Å²) in [6.07, 6.45) is 0.899. The van der Waals surface area contributed by atoms with Crippen LogP contribution in [-0.4, -0.2) is 42.8 Å². The molecular weight excluding hydrogens is 258 g/mol. The molecule has 1 aromatic carbocycles. The van der Waals surface area contributed by atoms with E-state index in [4.69, 9.17) is 0 Å². The van der Waals surface area contributed by atoms with E-state index < -0.39 is 6.04 Å². The molecule has 0 aliphatic carbocycles. The summed E-state index contributed by atoms with van der Waals surface area (Å²) < 4.78 is 0. The Bertz CT molecular complexity index is 537. The first-order chi connectivity index (χ1) is 9.47. The van der Waals surface area contributed by atoms with E-state index in [1.807, 2.05) is 0 Å². The normalized spacial score (nSPS) is 17.5.